The maximum Gasteiger partial charge on any atom is 0.257 e. The molecule has 0 saturated carbocycles. The van der Waals surface area contributed by atoms with Crippen LogP contribution in [-0.2, 0) is 11.3 Å². The van der Waals surface area contributed by atoms with Gasteiger partial charge in [-0.25, -0.2) is 8.78 Å². The lowest BCUT2D eigenvalue weighted by atomic mass is 10.1. The number of carbonyl (C=O) groups is 2. The summed E-state index contributed by atoms with van der Waals surface area (Å²) in [6.07, 6.45) is 2.65. The zero-order valence-corrected chi connectivity index (χ0v) is 12.8. The Hall–Kier alpha value is -2.70. The van der Waals surface area contributed by atoms with Gasteiger partial charge in [0.25, 0.3) is 5.91 Å². The van der Waals surface area contributed by atoms with Crippen LogP contribution in [0.5, 0.6) is 0 Å². The zero-order chi connectivity index (χ0) is 17.1. The topological polar surface area (TPSA) is 62.6 Å². The highest BCUT2D eigenvalue weighted by Crippen LogP contribution is 2.22. The Balaban J connectivity index is 1.70. The van der Waals surface area contributed by atoms with Crippen LogP contribution in [0.15, 0.2) is 41.0 Å². The molecule has 1 N–H and O–H groups in total. The minimum Gasteiger partial charge on any atom is -0.467 e. The molecule has 2 amide bonds. The van der Waals surface area contributed by atoms with Crippen molar-refractivity contribution in [3.8, 4) is 0 Å². The van der Waals surface area contributed by atoms with Crippen LogP contribution in [0.2, 0.25) is 0 Å². The molecule has 1 fully saturated rings. The minimum atomic E-state index is -0.929. The molecule has 1 aromatic heterocycles. The highest BCUT2D eigenvalue weighted by Gasteiger charge is 2.35. The van der Waals surface area contributed by atoms with Gasteiger partial charge in [-0.15, -0.1) is 0 Å². The van der Waals surface area contributed by atoms with Crippen LogP contribution in [0.1, 0.15) is 29.0 Å². The summed E-state index contributed by atoms with van der Waals surface area (Å²) in [4.78, 5) is 26.1. The maximum atomic E-state index is 13.8. The van der Waals surface area contributed by atoms with Gasteiger partial charge >= 0.3 is 0 Å². The number of furan rings is 1. The first-order valence-corrected chi connectivity index (χ1v) is 7.62. The molecule has 3 rings (SSSR count). The molecule has 1 aliphatic rings. The van der Waals surface area contributed by atoms with E-state index in [1.54, 1.807) is 12.1 Å². The van der Waals surface area contributed by atoms with Crippen LogP contribution in [0.25, 0.3) is 0 Å². The Kier molecular flexibility index (Phi) is 4.59. The highest BCUT2D eigenvalue weighted by atomic mass is 19.1. The molecule has 1 aliphatic heterocycles. The third-order valence-electron chi connectivity index (χ3n) is 3.99. The number of nitrogens with one attached hydrogen (secondary N) is 1. The Morgan fingerprint density at radius 1 is 1.29 bits per heavy atom. The average molecular weight is 334 g/mol. The summed E-state index contributed by atoms with van der Waals surface area (Å²) >= 11 is 0. The minimum absolute atomic E-state index is 0.218. The summed E-state index contributed by atoms with van der Waals surface area (Å²) in [7, 11) is 0. The first kappa shape index (κ1) is 16.2. The maximum absolute atomic E-state index is 13.8. The molecule has 7 heteroatoms. The number of rotatable bonds is 4. The van der Waals surface area contributed by atoms with Gasteiger partial charge in [-0.05, 0) is 37.1 Å². The van der Waals surface area contributed by atoms with E-state index in [1.807, 2.05) is 0 Å². The predicted octanol–water partition coefficient (Wildman–Crippen LogP) is 2.48. The van der Waals surface area contributed by atoms with Crippen LogP contribution in [-0.4, -0.2) is 29.3 Å². The predicted molar refractivity (Wildman–Crippen MR) is 81.0 cm³/mol. The molecule has 0 spiro atoms. The van der Waals surface area contributed by atoms with Gasteiger partial charge in [0.05, 0.1) is 18.4 Å². The first-order chi connectivity index (χ1) is 11.6. The van der Waals surface area contributed by atoms with E-state index in [0.29, 0.717) is 31.2 Å². The fraction of sp³-hybridized carbons (Fsp3) is 0.294. The third kappa shape index (κ3) is 3.29. The normalized spacial score (nSPS) is 17.1. The van der Waals surface area contributed by atoms with Gasteiger partial charge in [0.1, 0.15) is 23.4 Å². The van der Waals surface area contributed by atoms with Crippen LogP contribution in [0.3, 0.4) is 0 Å². The number of hydrogen-bond donors (Lipinski definition) is 1. The van der Waals surface area contributed by atoms with Gasteiger partial charge in [0.15, 0.2) is 0 Å². The van der Waals surface area contributed by atoms with Gasteiger partial charge in [-0.2, -0.15) is 0 Å². The van der Waals surface area contributed by atoms with E-state index in [4.69, 9.17) is 4.42 Å². The summed E-state index contributed by atoms with van der Waals surface area (Å²) in [6, 6.07) is 5.56. The second kappa shape index (κ2) is 6.82. The third-order valence-corrected chi connectivity index (χ3v) is 3.99. The van der Waals surface area contributed by atoms with E-state index in [2.05, 4.69) is 5.32 Å². The Morgan fingerprint density at radius 2 is 2.12 bits per heavy atom. The quantitative estimate of drug-likeness (QED) is 0.934. The smallest absolute Gasteiger partial charge is 0.257 e. The molecule has 1 atom stereocenters. The number of hydrogen-bond acceptors (Lipinski definition) is 3. The fourth-order valence-corrected chi connectivity index (χ4v) is 2.81. The van der Waals surface area contributed by atoms with Crippen molar-refractivity contribution in [2.24, 2.45) is 0 Å². The summed E-state index contributed by atoms with van der Waals surface area (Å²) in [5.74, 6) is -2.01. The van der Waals surface area contributed by atoms with Crippen molar-refractivity contribution < 1.29 is 22.8 Å². The van der Waals surface area contributed by atoms with E-state index in [1.165, 1.54) is 11.2 Å². The van der Waals surface area contributed by atoms with Crippen LogP contribution in [0, 0.1) is 11.6 Å². The molecule has 2 heterocycles. The molecule has 126 valence electrons. The number of carbonyl (C=O) groups excluding carboxylic acids is 2. The van der Waals surface area contributed by atoms with Crippen LogP contribution >= 0.6 is 0 Å². The van der Waals surface area contributed by atoms with Crippen LogP contribution in [0.4, 0.5) is 8.78 Å². The summed E-state index contributed by atoms with van der Waals surface area (Å²) < 4.78 is 31.9. The van der Waals surface area contributed by atoms with E-state index >= 15 is 0 Å². The second-order valence-electron chi connectivity index (χ2n) is 5.58. The summed E-state index contributed by atoms with van der Waals surface area (Å²) in [6.45, 7) is 0.573. The Morgan fingerprint density at radius 3 is 2.83 bits per heavy atom. The monoisotopic (exact) mass is 334 g/mol. The molecule has 2 aromatic rings. The number of likely N-dealkylation sites (tertiary alicyclic amines) is 1. The lowest BCUT2D eigenvalue weighted by molar-refractivity contribution is -0.125. The molecule has 24 heavy (non-hydrogen) atoms. The lowest BCUT2D eigenvalue weighted by Gasteiger charge is -2.24. The van der Waals surface area contributed by atoms with Gasteiger partial charge in [0.2, 0.25) is 5.91 Å². The van der Waals surface area contributed by atoms with Crippen molar-refractivity contribution in [3.05, 3.63) is 59.6 Å². The highest BCUT2D eigenvalue weighted by molar-refractivity contribution is 5.98. The van der Waals surface area contributed by atoms with E-state index < -0.39 is 23.6 Å². The van der Waals surface area contributed by atoms with Gasteiger partial charge in [-0.3, -0.25) is 9.59 Å². The van der Waals surface area contributed by atoms with Crippen molar-refractivity contribution >= 4 is 11.8 Å². The molecule has 5 nitrogen and oxygen atoms in total. The molecule has 1 unspecified atom stereocenters. The van der Waals surface area contributed by atoms with Crippen molar-refractivity contribution in [1.82, 2.24) is 10.2 Å². The molecular weight excluding hydrogens is 318 g/mol. The number of halogens is 2. The number of benzene rings is 1. The molecule has 0 aliphatic carbocycles. The Labute approximate surface area is 137 Å². The molecule has 0 radical (unpaired) electrons. The van der Waals surface area contributed by atoms with Crippen molar-refractivity contribution in [3.63, 3.8) is 0 Å². The number of amides is 2. The van der Waals surface area contributed by atoms with Crippen molar-refractivity contribution in [1.29, 1.82) is 0 Å². The molecular formula is C17H16F2N2O3. The van der Waals surface area contributed by atoms with Gasteiger partial charge < -0.3 is 14.6 Å². The first-order valence-electron chi connectivity index (χ1n) is 7.62. The Bertz CT molecular complexity index is 746. The van der Waals surface area contributed by atoms with Crippen molar-refractivity contribution in [2.75, 3.05) is 6.54 Å². The largest absolute Gasteiger partial charge is 0.467 e. The van der Waals surface area contributed by atoms with Gasteiger partial charge in [-0.1, -0.05) is 0 Å². The SMILES string of the molecule is O=C(NCc1ccco1)C1CCCN1C(=O)c1ccc(F)cc1F. The van der Waals surface area contributed by atoms with E-state index in [9.17, 15) is 18.4 Å². The second-order valence-corrected chi connectivity index (χ2v) is 5.58. The van der Waals surface area contributed by atoms with Crippen LogP contribution < -0.4 is 5.32 Å². The van der Waals surface area contributed by atoms with Gasteiger partial charge in [0, 0.05) is 12.6 Å². The summed E-state index contributed by atoms with van der Waals surface area (Å²) in [5, 5.41) is 2.71. The zero-order valence-electron chi connectivity index (χ0n) is 12.8. The summed E-state index contributed by atoms with van der Waals surface area (Å²) in [5.41, 5.74) is -0.234. The molecule has 1 saturated heterocycles. The lowest BCUT2D eigenvalue weighted by Crippen LogP contribution is -2.45. The molecule has 1 aromatic carbocycles. The average Bonchev–Trinajstić information content (AvgIpc) is 3.23. The van der Waals surface area contributed by atoms with E-state index in [0.717, 1.165) is 12.1 Å². The van der Waals surface area contributed by atoms with Crippen molar-refractivity contribution in [2.45, 2.75) is 25.4 Å². The standard InChI is InChI=1S/C17H16F2N2O3/c18-11-5-6-13(14(19)9-11)17(23)21-7-1-4-15(21)16(22)20-10-12-3-2-8-24-12/h2-3,5-6,8-9,15H,1,4,7,10H2,(H,20,22). The molecule has 0 bridgehead atoms. The fourth-order valence-electron chi connectivity index (χ4n) is 2.81. The number of nitrogens with zero attached hydrogens (tertiary/aromatic N) is 1. The van der Waals surface area contributed by atoms with E-state index in [-0.39, 0.29) is 18.0 Å².